The summed E-state index contributed by atoms with van der Waals surface area (Å²) in [7, 11) is 0. The van der Waals surface area contributed by atoms with Crippen molar-refractivity contribution in [3.05, 3.63) is 64.7 Å². The average Bonchev–Trinajstić information content (AvgIpc) is 2.46. The van der Waals surface area contributed by atoms with Gasteiger partial charge >= 0.3 is 0 Å². The van der Waals surface area contributed by atoms with Crippen molar-refractivity contribution in [1.29, 1.82) is 0 Å². The van der Waals surface area contributed by atoms with Crippen LogP contribution in [0.4, 0.5) is 0 Å². The fraction of sp³-hybridized carbons (Fsp3) is 0.368. The largest absolute Gasteiger partial charge is 0.489 e. The summed E-state index contributed by atoms with van der Waals surface area (Å²) < 4.78 is 5.92. The first kappa shape index (κ1) is 14.6. The van der Waals surface area contributed by atoms with Crippen molar-refractivity contribution >= 4 is 0 Å². The molecule has 0 aliphatic carbocycles. The third-order valence-electron chi connectivity index (χ3n) is 4.09. The second-order valence-electron chi connectivity index (χ2n) is 5.54. The van der Waals surface area contributed by atoms with Crippen molar-refractivity contribution in [2.24, 2.45) is 0 Å². The lowest BCUT2D eigenvalue weighted by Crippen LogP contribution is -2.00. The molecule has 0 heterocycles. The maximum atomic E-state index is 5.92. The molecule has 0 aliphatic rings. The Bertz CT molecular complexity index is 534. The number of ether oxygens (including phenoxy) is 1. The van der Waals surface area contributed by atoms with Crippen molar-refractivity contribution in [3.8, 4) is 5.75 Å². The molecule has 0 aliphatic heterocycles. The highest BCUT2D eigenvalue weighted by Gasteiger charge is 2.05. The van der Waals surface area contributed by atoms with E-state index >= 15 is 0 Å². The number of hydrogen-bond donors (Lipinski definition) is 0. The number of hydrogen-bond acceptors (Lipinski definition) is 1. The van der Waals surface area contributed by atoms with Crippen LogP contribution >= 0.6 is 0 Å². The molecule has 0 amide bonds. The molecule has 2 aromatic carbocycles. The van der Waals surface area contributed by atoms with Crippen LogP contribution < -0.4 is 4.74 Å². The van der Waals surface area contributed by atoms with E-state index in [4.69, 9.17) is 4.74 Å². The second-order valence-corrected chi connectivity index (χ2v) is 5.54. The summed E-state index contributed by atoms with van der Waals surface area (Å²) in [6, 6.07) is 14.9. The molecule has 0 saturated heterocycles. The maximum absolute atomic E-state index is 5.92. The molecule has 2 aromatic rings. The van der Waals surface area contributed by atoms with Gasteiger partial charge in [-0.25, -0.2) is 0 Å². The van der Waals surface area contributed by atoms with E-state index in [-0.39, 0.29) is 0 Å². The van der Waals surface area contributed by atoms with Gasteiger partial charge in [0.25, 0.3) is 0 Å². The van der Waals surface area contributed by atoms with E-state index in [0.717, 1.165) is 5.75 Å². The Balaban J connectivity index is 2.04. The molecule has 1 atom stereocenters. The van der Waals surface area contributed by atoms with Gasteiger partial charge in [0.05, 0.1) is 0 Å². The summed E-state index contributed by atoms with van der Waals surface area (Å²) in [6.45, 7) is 9.39. The van der Waals surface area contributed by atoms with E-state index in [2.05, 4.69) is 70.2 Å². The molecule has 0 saturated carbocycles. The minimum absolute atomic E-state index is 0.614. The molecule has 1 unspecified atom stereocenters. The topological polar surface area (TPSA) is 9.23 Å². The summed E-state index contributed by atoms with van der Waals surface area (Å²) in [5.41, 5.74) is 5.26. The van der Waals surface area contributed by atoms with Crippen molar-refractivity contribution in [3.63, 3.8) is 0 Å². The second kappa shape index (κ2) is 6.60. The average molecular weight is 268 g/mol. The molecule has 0 bridgehead atoms. The van der Waals surface area contributed by atoms with E-state index < -0.39 is 0 Å². The van der Waals surface area contributed by atoms with Gasteiger partial charge in [-0.15, -0.1) is 0 Å². The zero-order chi connectivity index (χ0) is 14.5. The van der Waals surface area contributed by atoms with Crippen molar-refractivity contribution in [2.45, 2.75) is 46.6 Å². The van der Waals surface area contributed by atoms with Crippen LogP contribution in [0.1, 0.15) is 48.4 Å². The van der Waals surface area contributed by atoms with Gasteiger partial charge in [0.2, 0.25) is 0 Å². The maximum Gasteiger partial charge on any atom is 0.119 e. The van der Waals surface area contributed by atoms with E-state index in [0.29, 0.717) is 12.5 Å². The highest BCUT2D eigenvalue weighted by atomic mass is 16.5. The number of rotatable bonds is 5. The van der Waals surface area contributed by atoms with Gasteiger partial charge < -0.3 is 4.74 Å². The number of aryl methyl sites for hydroxylation is 2. The Morgan fingerprint density at radius 2 is 1.55 bits per heavy atom. The molecule has 0 fully saturated rings. The molecule has 0 aromatic heterocycles. The fourth-order valence-corrected chi connectivity index (χ4v) is 2.36. The highest BCUT2D eigenvalue weighted by Crippen LogP contribution is 2.23. The first-order valence-corrected chi connectivity index (χ1v) is 7.39. The van der Waals surface area contributed by atoms with Gasteiger partial charge in [-0.1, -0.05) is 44.2 Å². The molecule has 2 rings (SSSR count). The first-order valence-electron chi connectivity index (χ1n) is 7.39. The third-order valence-corrected chi connectivity index (χ3v) is 4.09. The van der Waals surface area contributed by atoms with Crippen molar-refractivity contribution < 1.29 is 4.74 Å². The molecule has 0 spiro atoms. The predicted molar refractivity (Wildman–Crippen MR) is 85.4 cm³/mol. The van der Waals surface area contributed by atoms with Crippen molar-refractivity contribution in [2.75, 3.05) is 0 Å². The smallest absolute Gasteiger partial charge is 0.119 e. The standard InChI is InChI=1S/C19H24O/c1-5-14(2)17-9-11-18(12-10-17)20-13-19-15(3)7-6-8-16(19)4/h6-12,14H,5,13H2,1-4H3. The Hall–Kier alpha value is -1.76. The van der Waals surface area contributed by atoms with Crippen LogP contribution in [0, 0.1) is 13.8 Å². The summed E-state index contributed by atoms with van der Waals surface area (Å²) in [4.78, 5) is 0. The van der Waals surface area contributed by atoms with Crippen LogP contribution in [0.15, 0.2) is 42.5 Å². The van der Waals surface area contributed by atoms with Gasteiger partial charge in [-0.2, -0.15) is 0 Å². The minimum atomic E-state index is 0.614. The molecular weight excluding hydrogens is 244 g/mol. The molecule has 0 N–H and O–H groups in total. The van der Waals surface area contributed by atoms with Crippen LogP contribution in [0.2, 0.25) is 0 Å². The SMILES string of the molecule is CCC(C)c1ccc(OCc2c(C)cccc2C)cc1. The Morgan fingerprint density at radius 3 is 2.10 bits per heavy atom. The van der Waals surface area contributed by atoms with Crippen LogP contribution in [0.25, 0.3) is 0 Å². The molecule has 0 radical (unpaired) electrons. The Morgan fingerprint density at radius 1 is 0.950 bits per heavy atom. The third kappa shape index (κ3) is 3.41. The summed E-state index contributed by atoms with van der Waals surface area (Å²) in [5, 5.41) is 0. The lowest BCUT2D eigenvalue weighted by Gasteiger charge is -2.13. The summed E-state index contributed by atoms with van der Waals surface area (Å²) in [5.74, 6) is 1.56. The van der Waals surface area contributed by atoms with Gasteiger partial charge in [0.1, 0.15) is 12.4 Å². The van der Waals surface area contributed by atoms with Gasteiger partial charge in [-0.3, -0.25) is 0 Å². The molecule has 106 valence electrons. The lowest BCUT2D eigenvalue weighted by molar-refractivity contribution is 0.304. The first-order chi connectivity index (χ1) is 9.61. The zero-order valence-corrected chi connectivity index (χ0v) is 12.9. The number of benzene rings is 2. The van der Waals surface area contributed by atoms with Gasteiger partial charge in [-0.05, 0) is 60.6 Å². The molecule has 1 heteroatoms. The molecular formula is C19H24O. The normalized spacial score (nSPS) is 12.2. The summed E-state index contributed by atoms with van der Waals surface area (Å²) in [6.07, 6.45) is 1.17. The molecule has 1 nitrogen and oxygen atoms in total. The quantitative estimate of drug-likeness (QED) is 0.706. The van der Waals surface area contributed by atoms with Crippen LogP contribution in [-0.2, 0) is 6.61 Å². The van der Waals surface area contributed by atoms with Crippen LogP contribution in [0.5, 0.6) is 5.75 Å². The Kier molecular flexibility index (Phi) is 4.84. The van der Waals surface area contributed by atoms with Crippen molar-refractivity contribution in [1.82, 2.24) is 0 Å². The molecule has 20 heavy (non-hydrogen) atoms. The highest BCUT2D eigenvalue weighted by molar-refractivity contribution is 5.34. The van der Waals surface area contributed by atoms with Crippen LogP contribution in [0.3, 0.4) is 0 Å². The zero-order valence-electron chi connectivity index (χ0n) is 12.9. The Labute approximate surface area is 122 Å². The fourth-order valence-electron chi connectivity index (χ4n) is 2.36. The van der Waals surface area contributed by atoms with Gasteiger partial charge in [0.15, 0.2) is 0 Å². The van der Waals surface area contributed by atoms with Crippen LogP contribution in [-0.4, -0.2) is 0 Å². The van der Waals surface area contributed by atoms with E-state index in [1.54, 1.807) is 0 Å². The van der Waals surface area contributed by atoms with E-state index in [1.807, 2.05) is 0 Å². The summed E-state index contributed by atoms with van der Waals surface area (Å²) >= 11 is 0. The predicted octanol–water partition coefficient (Wildman–Crippen LogP) is 5.40. The van der Waals surface area contributed by atoms with E-state index in [1.165, 1.54) is 28.7 Å². The van der Waals surface area contributed by atoms with Gasteiger partial charge in [0, 0.05) is 0 Å². The minimum Gasteiger partial charge on any atom is -0.489 e. The lowest BCUT2D eigenvalue weighted by atomic mass is 9.99. The monoisotopic (exact) mass is 268 g/mol. The van der Waals surface area contributed by atoms with E-state index in [9.17, 15) is 0 Å².